The van der Waals surface area contributed by atoms with Gasteiger partial charge in [0.1, 0.15) is 0 Å². The highest BCUT2D eigenvalue weighted by Crippen LogP contribution is 2.29. The Morgan fingerprint density at radius 1 is 1.14 bits per heavy atom. The summed E-state index contributed by atoms with van der Waals surface area (Å²) in [7, 11) is 1.94. The van der Waals surface area contributed by atoms with Gasteiger partial charge in [-0.15, -0.1) is 0 Å². The van der Waals surface area contributed by atoms with Gasteiger partial charge >= 0.3 is 0 Å². The molecule has 0 spiro atoms. The fourth-order valence-electron chi connectivity index (χ4n) is 3.83. The number of amides is 1. The summed E-state index contributed by atoms with van der Waals surface area (Å²) in [5.74, 6) is 0.887. The van der Waals surface area contributed by atoms with Crippen LogP contribution in [0.3, 0.4) is 0 Å². The Balaban J connectivity index is 1.47. The van der Waals surface area contributed by atoms with Gasteiger partial charge in [0.25, 0.3) is 0 Å². The maximum absolute atomic E-state index is 13.0. The lowest BCUT2D eigenvalue weighted by Gasteiger charge is -2.25. The number of benzene rings is 1. The van der Waals surface area contributed by atoms with Crippen molar-refractivity contribution < 1.29 is 9.53 Å². The largest absolute Gasteiger partial charge is 0.375 e. The molecule has 6 heteroatoms. The molecule has 1 unspecified atom stereocenters. The van der Waals surface area contributed by atoms with Crippen LogP contribution >= 0.6 is 0 Å². The molecule has 0 N–H and O–H groups in total. The second-order valence-corrected chi connectivity index (χ2v) is 8.24. The van der Waals surface area contributed by atoms with Gasteiger partial charge in [0.05, 0.1) is 18.3 Å². The number of hydrogen-bond acceptors (Lipinski definition) is 4. The molecule has 0 bridgehead atoms. The molecule has 1 aromatic carbocycles. The molecule has 0 radical (unpaired) electrons. The molecular formula is C22H30N4O2. The number of rotatable bonds is 7. The van der Waals surface area contributed by atoms with Gasteiger partial charge in [-0.25, -0.2) is 0 Å². The maximum atomic E-state index is 13.0. The van der Waals surface area contributed by atoms with Crippen LogP contribution < -0.4 is 0 Å². The van der Waals surface area contributed by atoms with Gasteiger partial charge in [0.2, 0.25) is 5.91 Å². The first kappa shape index (κ1) is 19.2. The second-order valence-electron chi connectivity index (χ2n) is 8.24. The van der Waals surface area contributed by atoms with Crippen LogP contribution in [0.5, 0.6) is 0 Å². The van der Waals surface area contributed by atoms with E-state index < -0.39 is 0 Å². The molecule has 1 aliphatic heterocycles. The van der Waals surface area contributed by atoms with Gasteiger partial charge in [0.15, 0.2) is 0 Å². The van der Waals surface area contributed by atoms with E-state index in [1.54, 1.807) is 0 Å². The molecule has 2 heterocycles. The Labute approximate surface area is 167 Å². The van der Waals surface area contributed by atoms with Crippen LogP contribution in [0.1, 0.15) is 29.7 Å². The van der Waals surface area contributed by atoms with Crippen molar-refractivity contribution in [2.24, 2.45) is 13.0 Å². The molecule has 1 amide bonds. The first-order valence-corrected chi connectivity index (χ1v) is 10.2. The zero-order chi connectivity index (χ0) is 19.5. The number of carbonyl (C=O) groups is 1. The summed E-state index contributed by atoms with van der Waals surface area (Å²) in [6, 6.07) is 10.2. The van der Waals surface area contributed by atoms with Crippen LogP contribution in [-0.2, 0) is 29.7 Å². The van der Waals surface area contributed by atoms with Crippen molar-refractivity contribution in [2.75, 3.05) is 26.2 Å². The number of aryl methyl sites for hydroxylation is 2. The summed E-state index contributed by atoms with van der Waals surface area (Å²) in [6.07, 6.45) is 4.65. The van der Waals surface area contributed by atoms with Crippen molar-refractivity contribution in [3.63, 3.8) is 0 Å². The Morgan fingerprint density at radius 3 is 2.61 bits per heavy atom. The van der Waals surface area contributed by atoms with Crippen LogP contribution in [0.15, 0.2) is 36.5 Å². The van der Waals surface area contributed by atoms with E-state index in [-0.39, 0.29) is 12.0 Å². The van der Waals surface area contributed by atoms with Gasteiger partial charge in [0, 0.05) is 51.6 Å². The minimum atomic E-state index is 0.0488. The van der Waals surface area contributed by atoms with Gasteiger partial charge in [-0.1, -0.05) is 30.3 Å². The molecule has 4 rings (SSSR count). The topological polar surface area (TPSA) is 50.6 Å². The highest BCUT2D eigenvalue weighted by atomic mass is 16.5. The van der Waals surface area contributed by atoms with E-state index in [2.05, 4.69) is 22.1 Å². The van der Waals surface area contributed by atoms with E-state index in [0.29, 0.717) is 19.6 Å². The van der Waals surface area contributed by atoms with E-state index in [9.17, 15) is 4.79 Å². The second kappa shape index (κ2) is 8.45. The zero-order valence-electron chi connectivity index (χ0n) is 16.9. The summed E-state index contributed by atoms with van der Waals surface area (Å²) < 4.78 is 8.09. The first-order valence-electron chi connectivity index (χ1n) is 10.2. The summed E-state index contributed by atoms with van der Waals surface area (Å²) >= 11 is 0. The molecule has 1 atom stereocenters. The molecule has 2 fully saturated rings. The van der Waals surface area contributed by atoms with E-state index in [4.69, 9.17) is 4.74 Å². The molecule has 1 saturated heterocycles. The van der Waals surface area contributed by atoms with Crippen LogP contribution in [0.4, 0.5) is 0 Å². The van der Waals surface area contributed by atoms with Crippen LogP contribution in [-0.4, -0.2) is 57.8 Å². The number of hydrogen-bond donors (Lipinski definition) is 0. The van der Waals surface area contributed by atoms with Gasteiger partial charge in [-0.3, -0.25) is 14.4 Å². The van der Waals surface area contributed by atoms with Crippen molar-refractivity contribution in [2.45, 2.75) is 39.0 Å². The summed E-state index contributed by atoms with van der Waals surface area (Å²) in [5, 5.41) is 4.44. The van der Waals surface area contributed by atoms with Crippen molar-refractivity contribution >= 4 is 5.91 Å². The molecular weight excluding hydrogens is 352 g/mol. The Hall–Kier alpha value is -2.18. The Kier molecular flexibility index (Phi) is 5.78. The highest BCUT2D eigenvalue weighted by Gasteiger charge is 2.30. The number of carbonyl (C=O) groups excluding carboxylic acids is 1. The van der Waals surface area contributed by atoms with Gasteiger partial charge in [-0.05, 0) is 31.2 Å². The average Bonchev–Trinajstić information content (AvgIpc) is 3.45. The molecule has 2 aliphatic rings. The lowest BCUT2D eigenvalue weighted by molar-refractivity contribution is -0.132. The normalized spacial score (nSPS) is 21.1. The minimum absolute atomic E-state index is 0.0488. The van der Waals surface area contributed by atoms with Crippen molar-refractivity contribution in [1.82, 2.24) is 19.6 Å². The Morgan fingerprint density at radius 2 is 1.93 bits per heavy atom. The average molecular weight is 383 g/mol. The standard InChI is InChI=1S/C22H30N4O2/c1-17-20(11-24(2)23-17)12-25-13-21(28-16-19-8-9-19)14-26(22(27)15-25)10-18-6-4-3-5-7-18/h3-7,11,19,21H,8-10,12-16H2,1-2H3. The fraction of sp³-hybridized carbons (Fsp3) is 0.545. The predicted molar refractivity (Wildman–Crippen MR) is 108 cm³/mol. The number of ether oxygens (including phenoxy) is 1. The van der Waals surface area contributed by atoms with E-state index in [1.165, 1.54) is 18.4 Å². The lowest BCUT2D eigenvalue weighted by atomic mass is 10.2. The number of aromatic nitrogens is 2. The summed E-state index contributed by atoms with van der Waals surface area (Å²) in [6.45, 7) is 6.07. The van der Waals surface area contributed by atoms with Gasteiger partial charge < -0.3 is 9.64 Å². The molecule has 1 aromatic heterocycles. The third-order valence-electron chi connectivity index (χ3n) is 5.59. The fourth-order valence-corrected chi connectivity index (χ4v) is 3.83. The smallest absolute Gasteiger partial charge is 0.237 e. The Bertz CT molecular complexity index is 800. The monoisotopic (exact) mass is 382 g/mol. The zero-order valence-corrected chi connectivity index (χ0v) is 16.9. The third-order valence-corrected chi connectivity index (χ3v) is 5.59. The summed E-state index contributed by atoms with van der Waals surface area (Å²) in [5.41, 5.74) is 3.36. The highest BCUT2D eigenvalue weighted by molar-refractivity contribution is 5.78. The van der Waals surface area contributed by atoms with Gasteiger partial charge in [-0.2, -0.15) is 5.10 Å². The molecule has 28 heavy (non-hydrogen) atoms. The van der Waals surface area contributed by atoms with Crippen LogP contribution in [0.25, 0.3) is 0 Å². The number of nitrogens with zero attached hydrogens (tertiary/aromatic N) is 4. The predicted octanol–water partition coefficient (Wildman–Crippen LogP) is 2.37. The molecule has 1 aliphatic carbocycles. The van der Waals surface area contributed by atoms with Crippen LogP contribution in [0, 0.1) is 12.8 Å². The molecule has 150 valence electrons. The minimum Gasteiger partial charge on any atom is -0.375 e. The quantitative estimate of drug-likeness (QED) is 0.738. The molecule has 6 nitrogen and oxygen atoms in total. The van der Waals surface area contributed by atoms with Crippen molar-refractivity contribution in [1.29, 1.82) is 0 Å². The molecule has 1 saturated carbocycles. The van der Waals surface area contributed by atoms with E-state index in [0.717, 1.165) is 36.9 Å². The first-order chi connectivity index (χ1) is 13.6. The van der Waals surface area contributed by atoms with E-state index in [1.807, 2.05) is 47.9 Å². The maximum Gasteiger partial charge on any atom is 0.237 e. The third kappa shape index (κ3) is 5.00. The van der Waals surface area contributed by atoms with Crippen molar-refractivity contribution in [3.05, 3.63) is 53.3 Å². The lowest BCUT2D eigenvalue weighted by Crippen LogP contribution is -2.37. The molecule has 2 aromatic rings. The van der Waals surface area contributed by atoms with Crippen LogP contribution in [0.2, 0.25) is 0 Å². The van der Waals surface area contributed by atoms with E-state index >= 15 is 0 Å². The SMILES string of the molecule is Cc1nn(C)cc1CN1CC(=O)N(Cc2ccccc2)CC(OCC2CC2)C1. The summed E-state index contributed by atoms with van der Waals surface area (Å²) in [4.78, 5) is 17.2. The van der Waals surface area contributed by atoms with Crippen molar-refractivity contribution in [3.8, 4) is 0 Å².